The predicted molar refractivity (Wildman–Crippen MR) is 74.1 cm³/mol. The highest BCUT2D eigenvalue weighted by Gasteiger charge is 2.16. The molecule has 94 valence electrons. The molecule has 2 N–H and O–H groups in total. The summed E-state index contributed by atoms with van der Waals surface area (Å²) in [6.07, 6.45) is 1.82. The molecule has 0 atom stereocenters. The molecule has 0 aliphatic rings. The van der Waals surface area contributed by atoms with Gasteiger partial charge in [-0.1, -0.05) is 45.0 Å². The summed E-state index contributed by atoms with van der Waals surface area (Å²) in [6.45, 7) is 7.01. The minimum atomic E-state index is 0.0366. The van der Waals surface area contributed by atoms with E-state index in [0.29, 0.717) is 6.54 Å². The van der Waals surface area contributed by atoms with E-state index in [1.54, 1.807) is 0 Å². The van der Waals surface area contributed by atoms with Gasteiger partial charge >= 0.3 is 0 Å². The van der Waals surface area contributed by atoms with Gasteiger partial charge < -0.3 is 5.73 Å². The minimum Gasteiger partial charge on any atom is -0.326 e. The van der Waals surface area contributed by atoms with Crippen LogP contribution in [-0.2, 0) is 12.0 Å². The number of rotatable bonds is 2. The quantitative estimate of drug-likeness (QED) is 0.879. The second-order valence-corrected chi connectivity index (χ2v) is 5.42. The van der Waals surface area contributed by atoms with Gasteiger partial charge in [0.05, 0.1) is 0 Å². The highest BCUT2D eigenvalue weighted by Crippen LogP contribution is 2.22. The van der Waals surface area contributed by atoms with Crippen molar-refractivity contribution in [3.8, 4) is 11.4 Å². The standard InChI is InChI=1S/C15H19N3/c1-15(2,3)13-8-9-17-14(18-13)12-6-4-11(10-16)5-7-12/h4-9H,10,16H2,1-3H3. The summed E-state index contributed by atoms with van der Waals surface area (Å²) in [4.78, 5) is 8.96. The van der Waals surface area contributed by atoms with E-state index in [1.807, 2.05) is 36.5 Å². The van der Waals surface area contributed by atoms with Crippen LogP contribution in [0.4, 0.5) is 0 Å². The van der Waals surface area contributed by atoms with Crippen molar-refractivity contribution >= 4 is 0 Å². The molecule has 1 heterocycles. The number of aromatic nitrogens is 2. The Morgan fingerprint density at radius 2 is 1.72 bits per heavy atom. The Balaban J connectivity index is 2.38. The van der Waals surface area contributed by atoms with Crippen LogP contribution in [0.25, 0.3) is 11.4 Å². The predicted octanol–water partition coefficient (Wildman–Crippen LogP) is 2.90. The van der Waals surface area contributed by atoms with Crippen molar-refractivity contribution in [3.63, 3.8) is 0 Å². The summed E-state index contributed by atoms with van der Waals surface area (Å²) >= 11 is 0. The van der Waals surface area contributed by atoms with E-state index in [4.69, 9.17) is 5.73 Å². The molecule has 0 saturated carbocycles. The first-order chi connectivity index (χ1) is 8.50. The molecule has 0 aliphatic carbocycles. The fourth-order valence-electron chi connectivity index (χ4n) is 1.71. The zero-order valence-corrected chi connectivity index (χ0v) is 11.1. The zero-order valence-electron chi connectivity index (χ0n) is 11.1. The molecule has 0 spiro atoms. The van der Waals surface area contributed by atoms with Crippen molar-refractivity contribution in [1.82, 2.24) is 9.97 Å². The summed E-state index contributed by atoms with van der Waals surface area (Å²) in [6, 6.07) is 10.0. The Bertz CT molecular complexity index is 524. The summed E-state index contributed by atoms with van der Waals surface area (Å²) in [5, 5.41) is 0. The first kappa shape index (κ1) is 12.7. The van der Waals surface area contributed by atoms with E-state index in [1.165, 1.54) is 0 Å². The molecular weight excluding hydrogens is 222 g/mol. The van der Waals surface area contributed by atoms with Gasteiger partial charge in [-0.2, -0.15) is 0 Å². The molecule has 0 fully saturated rings. The van der Waals surface area contributed by atoms with Crippen molar-refractivity contribution in [2.45, 2.75) is 32.7 Å². The molecule has 2 rings (SSSR count). The van der Waals surface area contributed by atoms with Gasteiger partial charge in [0, 0.05) is 29.4 Å². The number of nitrogens with zero attached hydrogens (tertiary/aromatic N) is 2. The van der Waals surface area contributed by atoms with Crippen LogP contribution >= 0.6 is 0 Å². The number of hydrogen-bond donors (Lipinski definition) is 1. The maximum Gasteiger partial charge on any atom is 0.159 e. The minimum absolute atomic E-state index is 0.0366. The molecule has 1 aromatic heterocycles. The van der Waals surface area contributed by atoms with Gasteiger partial charge in [0.1, 0.15) is 0 Å². The summed E-state index contributed by atoms with van der Waals surface area (Å²) in [7, 11) is 0. The second-order valence-electron chi connectivity index (χ2n) is 5.42. The Labute approximate surface area is 108 Å². The lowest BCUT2D eigenvalue weighted by molar-refractivity contribution is 0.568. The third kappa shape index (κ3) is 2.74. The molecule has 2 aromatic rings. The first-order valence-electron chi connectivity index (χ1n) is 6.13. The van der Waals surface area contributed by atoms with E-state index in [0.717, 1.165) is 22.6 Å². The second kappa shape index (κ2) is 4.86. The van der Waals surface area contributed by atoms with Crippen LogP contribution < -0.4 is 5.73 Å². The topological polar surface area (TPSA) is 51.8 Å². The highest BCUT2D eigenvalue weighted by atomic mass is 14.9. The van der Waals surface area contributed by atoms with Gasteiger partial charge in [-0.3, -0.25) is 0 Å². The van der Waals surface area contributed by atoms with Crippen molar-refractivity contribution < 1.29 is 0 Å². The van der Waals surface area contributed by atoms with Crippen LogP contribution in [0.1, 0.15) is 32.0 Å². The Morgan fingerprint density at radius 1 is 1.06 bits per heavy atom. The van der Waals surface area contributed by atoms with E-state index in [2.05, 4.69) is 30.7 Å². The van der Waals surface area contributed by atoms with Crippen LogP contribution in [0.3, 0.4) is 0 Å². The smallest absolute Gasteiger partial charge is 0.159 e. The van der Waals surface area contributed by atoms with Crippen molar-refractivity contribution in [2.24, 2.45) is 5.73 Å². The molecule has 0 saturated heterocycles. The van der Waals surface area contributed by atoms with Gasteiger partial charge in [0.15, 0.2) is 5.82 Å². The lowest BCUT2D eigenvalue weighted by atomic mass is 9.92. The fraction of sp³-hybridized carbons (Fsp3) is 0.333. The number of hydrogen-bond acceptors (Lipinski definition) is 3. The van der Waals surface area contributed by atoms with Gasteiger partial charge in [0.2, 0.25) is 0 Å². The lowest BCUT2D eigenvalue weighted by Crippen LogP contribution is -2.14. The third-order valence-corrected chi connectivity index (χ3v) is 2.87. The molecule has 3 nitrogen and oxygen atoms in total. The Morgan fingerprint density at radius 3 is 2.28 bits per heavy atom. The fourth-order valence-corrected chi connectivity index (χ4v) is 1.71. The normalized spacial score (nSPS) is 11.6. The van der Waals surface area contributed by atoms with E-state index in [-0.39, 0.29) is 5.41 Å². The van der Waals surface area contributed by atoms with E-state index >= 15 is 0 Å². The maximum absolute atomic E-state index is 5.59. The molecule has 18 heavy (non-hydrogen) atoms. The van der Waals surface area contributed by atoms with Gasteiger partial charge in [-0.05, 0) is 11.6 Å². The Hall–Kier alpha value is -1.74. The summed E-state index contributed by atoms with van der Waals surface area (Å²) in [5.74, 6) is 0.769. The highest BCUT2D eigenvalue weighted by molar-refractivity contribution is 5.55. The molecule has 0 aliphatic heterocycles. The van der Waals surface area contributed by atoms with Gasteiger partial charge in [-0.25, -0.2) is 9.97 Å². The van der Waals surface area contributed by atoms with Crippen LogP contribution in [0, 0.1) is 0 Å². The van der Waals surface area contributed by atoms with E-state index in [9.17, 15) is 0 Å². The van der Waals surface area contributed by atoms with Crippen molar-refractivity contribution in [1.29, 1.82) is 0 Å². The van der Waals surface area contributed by atoms with Gasteiger partial charge in [0.25, 0.3) is 0 Å². The van der Waals surface area contributed by atoms with Crippen LogP contribution in [0.2, 0.25) is 0 Å². The van der Waals surface area contributed by atoms with Gasteiger partial charge in [-0.15, -0.1) is 0 Å². The summed E-state index contributed by atoms with van der Waals surface area (Å²) < 4.78 is 0. The van der Waals surface area contributed by atoms with Crippen LogP contribution in [0.15, 0.2) is 36.5 Å². The lowest BCUT2D eigenvalue weighted by Gasteiger charge is -2.17. The molecule has 0 radical (unpaired) electrons. The van der Waals surface area contributed by atoms with Crippen LogP contribution in [0.5, 0.6) is 0 Å². The van der Waals surface area contributed by atoms with Crippen LogP contribution in [-0.4, -0.2) is 9.97 Å². The Kier molecular flexibility index (Phi) is 3.43. The molecule has 0 amide bonds. The number of benzene rings is 1. The molecule has 3 heteroatoms. The molecule has 0 bridgehead atoms. The monoisotopic (exact) mass is 241 g/mol. The maximum atomic E-state index is 5.59. The SMILES string of the molecule is CC(C)(C)c1ccnc(-c2ccc(CN)cc2)n1. The van der Waals surface area contributed by atoms with E-state index < -0.39 is 0 Å². The summed E-state index contributed by atoms with van der Waals surface area (Å²) in [5.41, 5.74) is 8.82. The van der Waals surface area contributed by atoms with Crippen molar-refractivity contribution in [2.75, 3.05) is 0 Å². The molecular formula is C15H19N3. The average molecular weight is 241 g/mol. The third-order valence-electron chi connectivity index (χ3n) is 2.87. The zero-order chi connectivity index (χ0) is 13.2. The number of nitrogens with two attached hydrogens (primary N) is 1. The largest absolute Gasteiger partial charge is 0.326 e. The first-order valence-corrected chi connectivity index (χ1v) is 6.13. The van der Waals surface area contributed by atoms with Crippen molar-refractivity contribution in [3.05, 3.63) is 47.8 Å². The molecule has 1 aromatic carbocycles. The molecule has 0 unspecified atom stereocenters. The average Bonchev–Trinajstić information content (AvgIpc) is 2.38.